The van der Waals surface area contributed by atoms with Crippen molar-refractivity contribution in [3.05, 3.63) is 46.0 Å². The smallest absolute Gasteiger partial charge is 0.410 e. The summed E-state index contributed by atoms with van der Waals surface area (Å²) in [5.41, 5.74) is 0.436. The first-order chi connectivity index (χ1) is 11.2. The Bertz CT molecular complexity index is 626. The van der Waals surface area contributed by atoms with Gasteiger partial charge in [0.1, 0.15) is 5.60 Å². The Labute approximate surface area is 142 Å². The molecule has 0 atom stereocenters. The second kappa shape index (κ2) is 7.47. The number of carbonyl (C=O) groups excluding carboxylic acids is 1. The standard InChI is InChI=1S/C18H24N2O4/c1-18(2,3)24-17(21)19-11-9-14(10-12-19)7-8-15-5-4-6-16(13-15)20(22)23/h4-8,13-14H,9-12H2,1-3H3. The summed E-state index contributed by atoms with van der Waals surface area (Å²) in [4.78, 5) is 24.2. The minimum Gasteiger partial charge on any atom is -0.444 e. The summed E-state index contributed by atoms with van der Waals surface area (Å²) < 4.78 is 5.38. The highest BCUT2D eigenvalue weighted by Gasteiger charge is 2.25. The van der Waals surface area contributed by atoms with Crippen LogP contribution in [0.3, 0.4) is 0 Å². The van der Waals surface area contributed by atoms with Crippen LogP contribution in [0.1, 0.15) is 39.2 Å². The van der Waals surface area contributed by atoms with E-state index in [9.17, 15) is 14.9 Å². The quantitative estimate of drug-likeness (QED) is 0.612. The fourth-order valence-corrected chi connectivity index (χ4v) is 2.59. The lowest BCUT2D eigenvalue weighted by atomic mass is 9.96. The van der Waals surface area contributed by atoms with Gasteiger partial charge in [-0.05, 0) is 45.1 Å². The zero-order valence-electron chi connectivity index (χ0n) is 14.4. The van der Waals surface area contributed by atoms with Crippen molar-refractivity contribution in [2.75, 3.05) is 13.1 Å². The highest BCUT2D eigenvalue weighted by atomic mass is 16.6. The van der Waals surface area contributed by atoms with Crippen molar-refractivity contribution < 1.29 is 14.5 Å². The van der Waals surface area contributed by atoms with Gasteiger partial charge in [-0.25, -0.2) is 4.79 Å². The number of allylic oxidation sites excluding steroid dienone is 1. The molecule has 0 radical (unpaired) electrons. The fourth-order valence-electron chi connectivity index (χ4n) is 2.59. The average Bonchev–Trinajstić information content (AvgIpc) is 2.52. The first-order valence-electron chi connectivity index (χ1n) is 8.15. The van der Waals surface area contributed by atoms with Crippen LogP contribution in [0.5, 0.6) is 0 Å². The van der Waals surface area contributed by atoms with Gasteiger partial charge in [0.25, 0.3) is 5.69 Å². The van der Waals surface area contributed by atoms with Gasteiger partial charge in [0, 0.05) is 25.2 Å². The molecule has 0 saturated carbocycles. The first kappa shape index (κ1) is 18.0. The van der Waals surface area contributed by atoms with Crippen LogP contribution in [0.4, 0.5) is 10.5 Å². The lowest BCUT2D eigenvalue weighted by Gasteiger charge is -2.32. The van der Waals surface area contributed by atoms with Crippen LogP contribution < -0.4 is 0 Å². The number of likely N-dealkylation sites (tertiary alicyclic amines) is 1. The number of hydrogen-bond donors (Lipinski definition) is 0. The van der Waals surface area contributed by atoms with Gasteiger partial charge in [0.2, 0.25) is 0 Å². The van der Waals surface area contributed by atoms with Crippen LogP contribution in [0.25, 0.3) is 6.08 Å². The average molecular weight is 332 g/mol. The SMILES string of the molecule is CC(C)(C)OC(=O)N1CCC(C=Cc2cccc([N+](=O)[O-])c2)CC1. The summed E-state index contributed by atoms with van der Waals surface area (Å²) in [6.07, 6.45) is 5.46. The number of ether oxygens (including phenoxy) is 1. The highest BCUT2D eigenvalue weighted by molar-refractivity contribution is 5.68. The summed E-state index contributed by atoms with van der Waals surface area (Å²) >= 11 is 0. The number of non-ortho nitro benzene ring substituents is 1. The molecule has 0 aliphatic carbocycles. The summed E-state index contributed by atoms with van der Waals surface area (Å²) in [7, 11) is 0. The van der Waals surface area contributed by atoms with E-state index in [4.69, 9.17) is 4.74 Å². The molecule has 24 heavy (non-hydrogen) atoms. The molecule has 1 aliphatic rings. The van der Waals surface area contributed by atoms with E-state index >= 15 is 0 Å². The largest absolute Gasteiger partial charge is 0.444 e. The maximum absolute atomic E-state index is 12.0. The molecule has 0 aromatic heterocycles. The third kappa shape index (κ3) is 5.37. The van der Waals surface area contributed by atoms with Crippen LogP contribution >= 0.6 is 0 Å². The normalized spacial score (nSPS) is 16.4. The van der Waals surface area contributed by atoms with Crippen molar-refractivity contribution in [3.8, 4) is 0 Å². The van der Waals surface area contributed by atoms with Gasteiger partial charge in [-0.2, -0.15) is 0 Å². The summed E-state index contributed by atoms with van der Waals surface area (Å²) in [6.45, 7) is 6.91. The van der Waals surface area contributed by atoms with Gasteiger partial charge >= 0.3 is 6.09 Å². The number of nitrogens with zero attached hydrogens (tertiary/aromatic N) is 2. The van der Waals surface area contributed by atoms with E-state index in [-0.39, 0.29) is 11.8 Å². The number of carbonyl (C=O) groups is 1. The summed E-state index contributed by atoms with van der Waals surface area (Å²) in [5.74, 6) is 0.364. The molecular formula is C18H24N2O4. The number of piperidine rings is 1. The maximum Gasteiger partial charge on any atom is 0.410 e. The third-order valence-electron chi connectivity index (χ3n) is 3.83. The van der Waals surface area contributed by atoms with Crippen molar-refractivity contribution in [3.63, 3.8) is 0 Å². The molecule has 1 heterocycles. The topological polar surface area (TPSA) is 72.7 Å². The van der Waals surface area contributed by atoms with Gasteiger partial charge < -0.3 is 9.64 Å². The zero-order chi connectivity index (χ0) is 17.7. The second-order valence-electron chi connectivity index (χ2n) is 7.02. The van der Waals surface area contributed by atoms with E-state index in [1.54, 1.807) is 17.0 Å². The fraction of sp³-hybridized carbons (Fsp3) is 0.500. The van der Waals surface area contributed by atoms with Crippen LogP contribution in [0.15, 0.2) is 30.3 Å². The first-order valence-corrected chi connectivity index (χ1v) is 8.15. The van der Waals surface area contributed by atoms with Crippen LogP contribution in [-0.4, -0.2) is 34.6 Å². The van der Waals surface area contributed by atoms with E-state index in [2.05, 4.69) is 6.08 Å². The molecule has 0 spiro atoms. The number of nitro benzene ring substituents is 1. The van der Waals surface area contributed by atoms with E-state index < -0.39 is 10.5 Å². The molecular weight excluding hydrogens is 308 g/mol. The minimum absolute atomic E-state index is 0.0943. The van der Waals surface area contributed by atoms with Crippen molar-refractivity contribution in [2.24, 2.45) is 5.92 Å². The molecule has 1 amide bonds. The lowest BCUT2D eigenvalue weighted by molar-refractivity contribution is -0.384. The Hall–Kier alpha value is -2.37. The van der Waals surface area contributed by atoms with Crippen molar-refractivity contribution in [2.45, 2.75) is 39.2 Å². The molecule has 6 heteroatoms. The van der Waals surface area contributed by atoms with Gasteiger partial charge in [-0.1, -0.05) is 24.3 Å². The molecule has 130 valence electrons. The molecule has 0 bridgehead atoms. The number of hydrogen-bond acceptors (Lipinski definition) is 4. The molecule has 0 N–H and O–H groups in total. The zero-order valence-corrected chi connectivity index (χ0v) is 14.4. The van der Waals surface area contributed by atoms with Crippen molar-refractivity contribution in [1.29, 1.82) is 0 Å². The number of benzene rings is 1. The Morgan fingerprint density at radius 3 is 2.58 bits per heavy atom. The molecule has 1 saturated heterocycles. The molecule has 0 unspecified atom stereocenters. The van der Waals surface area contributed by atoms with Crippen LogP contribution in [0.2, 0.25) is 0 Å². The summed E-state index contributed by atoms with van der Waals surface area (Å²) in [5, 5.41) is 10.8. The molecule has 2 rings (SSSR count). The number of rotatable bonds is 3. The predicted molar refractivity (Wildman–Crippen MR) is 92.7 cm³/mol. The van der Waals surface area contributed by atoms with Crippen molar-refractivity contribution >= 4 is 17.9 Å². The van der Waals surface area contributed by atoms with E-state index in [0.717, 1.165) is 18.4 Å². The van der Waals surface area contributed by atoms with E-state index in [0.29, 0.717) is 19.0 Å². The Balaban J connectivity index is 1.88. The summed E-state index contributed by atoms with van der Waals surface area (Å²) in [6, 6.07) is 6.57. The predicted octanol–water partition coefficient (Wildman–Crippen LogP) is 4.26. The Kier molecular flexibility index (Phi) is 5.59. The molecule has 1 aromatic carbocycles. The molecule has 6 nitrogen and oxygen atoms in total. The van der Waals surface area contributed by atoms with Gasteiger partial charge in [0.05, 0.1) is 4.92 Å². The third-order valence-corrected chi connectivity index (χ3v) is 3.83. The highest BCUT2D eigenvalue weighted by Crippen LogP contribution is 2.22. The molecule has 1 aromatic rings. The number of nitro groups is 1. The van der Waals surface area contributed by atoms with Crippen LogP contribution in [0, 0.1) is 16.0 Å². The van der Waals surface area contributed by atoms with E-state index in [1.165, 1.54) is 6.07 Å². The Morgan fingerprint density at radius 2 is 2.00 bits per heavy atom. The minimum atomic E-state index is -0.476. The number of amides is 1. The van der Waals surface area contributed by atoms with Gasteiger partial charge in [-0.15, -0.1) is 0 Å². The van der Waals surface area contributed by atoms with Gasteiger partial charge in [0.15, 0.2) is 0 Å². The molecule has 1 aliphatic heterocycles. The van der Waals surface area contributed by atoms with Crippen LogP contribution in [-0.2, 0) is 4.74 Å². The van der Waals surface area contributed by atoms with Crippen molar-refractivity contribution in [1.82, 2.24) is 4.90 Å². The second-order valence-corrected chi connectivity index (χ2v) is 7.02. The monoisotopic (exact) mass is 332 g/mol. The molecule has 1 fully saturated rings. The van der Waals surface area contributed by atoms with Gasteiger partial charge in [-0.3, -0.25) is 10.1 Å². The Morgan fingerprint density at radius 1 is 1.33 bits per heavy atom. The van der Waals surface area contributed by atoms with E-state index in [1.807, 2.05) is 32.9 Å². The maximum atomic E-state index is 12.0. The lowest BCUT2D eigenvalue weighted by Crippen LogP contribution is -2.41.